The smallest absolute Gasteiger partial charge is 0.304 e. The molecule has 1 aromatic rings. The summed E-state index contributed by atoms with van der Waals surface area (Å²) in [6, 6.07) is 1.10. The third-order valence-corrected chi connectivity index (χ3v) is 5.58. The molecule has 0 fully saturated rings. The van der Waals surface area contributed by atoms with E-state index < -0.39 is 14.9 Å². The van der Waals surface area contributed by atoms with E-state index in [1.807, 2.05) is 6.92 Å². The molecule has 0 atom stereocenters. The fraction of sp³-hybridized carbons (Fsp3) is 0.636. The molecule has 0 amide bonds. The van der Waals surface area contributed by atoms with Crippen molar-refractivity contribution in [3.8, 4) is 0 Å². The van der Waals surface area contributed by atoms with Crippen LogP contribution >= 0.6 is 11.3 Å². The van der Waals surface area contributed by atoms with Crippen LogP contribution in [0.5, 0.6) is 0 Å². The monoisotopic (exact) mass is 321 g/mol. The van der Waals surface area contributed by atoms with Gasteiger partial charge >= 0.3 is 5.69 Å². The molecular formula is C11H19N3O4S2. The van der Waals surface area contributed by atoms with Gasteiger partial charge in [-0.05, 0) is 13.3 Å². The predicted molar refractivity (Wildman–Crippen MR) is 79.9 cm³/mol. The Labute approximate surface area is 122 Å². The molecule has 0 aliphatic rings. The molecule has 20 heavy (non-hydrogen) atoms. The summed E-state index contributed by atoms with van der Waals surface area (Å²) in [5.74, 6) is 0. The van der Waals surface area contributed by atoms with Crippen LogP contribution in [0, 0.1) is 10.1 Å². The minimum atomic E-state index is -3.67. The van der Waals surface area contributed by atoms with Gasteiger partial charge < -0.3 is 5.32 Å². The van der Waals surface area contributed by atoms with Crippen LogP contribution in [0.2, 0.25) is 0 Å². The molecule has 1 aromatic heterocycles. The van der Waals surface area contributed by atoms with Crippen LogP contribution < -0.4 is 10.0 Å². The number of unbranched alkanes of at least 4 members (excludes halogenated alkanes) is 2. The van der Waals surface area contributed by atoms with Crippen molar-refractivity contribution >= 4 is 32.0 Å². The van der Waals surface area contributed by atoms with Crippen molar-refractivity contribution < 1.29 is 13.3 Å². The number of anilines is 1. The van der Waals surface area contributed by atoms with E-state index in [4.69, 9.17) is 0 Å². The average molecular weight is 321 g/mol. The quantitative estimate of drug-likeness (QED) is 0.413. The van der Waals surface area contributed by atoms with Crippen LogP contribution in [0.15, 0.2) is 10.3 Å². The standard InChI is InChI=1S/C11H19N3O4S2/c1-3-5-6-7-13-20(17,18)10-8-9(14(15)16)11(19-10)12-4-2/h8,12-13H,3-7H2,1-2H3. The first-order valence-corrected chi connectivity index (χ1v) is 8.74. The van der Waals surface area contributed by atoms with Crippen LogP contribution in [-0.4, -0.2) is 26.4 Å². The summed E-state index contributed by atoms with van der Waals surface area (Å²) < 4.78 is 26.5. The molecule has 0 bridgehead atoms. The average Bonchev–Trinajstić information content (AvgIpc) is 2.80. The van der Waals surface area contributed by atoms with Gasteiger partial charge in [0.15, 0.2) is 5.00 Å². The van der Waals surface area contributed by atoms with Crippen molar-refractivity contribution in [1.82, 2.24) is 4.72 Å². The summed E-state index contributed by atoms with van der Waals surface area (Å²) in [5, 5.41) is 14.0. The van der Waals surface area contributed by atoms with E-state index in [0.717, 1.165) is 36.7 Å². The number of hydrogen-bond donors (Lipinski definition) is 2. The number of rotatable bonds is 9. The number of hydrogen-bond acceptors (Lipinski definition) is 6. The Morgan fingerprint density at radius 2 is 2.05 bits per heavy atom. The summed E-state index contributed by atoms with van der Waals surface area (Å²) in [7, 11) is -3.67. The third kappa shape index (κ3) is 4.43. The summed E-state index contributed by atoms with van der Waals surface area (Å²) in [5.41, 5.74) is -0.203. The van der Waals surface area contributed by atoms with Crippen LogP contribution in [0.25, 0.3) is 0 Å². The van der Waals surface area contributed by atoms with Gasteiger partial charge in [-0.15, -0.1) is 0 Å². The maximum atomic E-state index is 12.0. The molecule has 0 saturated carbocycles. The lowest BCUT2D eigenvalue weighted by molar-refractivity contribution is -0.383. The molecule has 0 spiro atoms. The zero-order chi connectivity index (χ0) is 15.2. The van der Waals surface area contributed by atoms with E-state index in [9.17, 15) is 18.5 Å². The van der Waals surface area contributed by atoms with Gasteiger partial charge in [-0.3, -0.25) is 10.1 Å². The second-order valence-corrected chi connectivity index (χ2v) is 7.22. The first-order chi connectivity index (χ1) is 9.42. The van der Waals surface area contributed by atoms with E-state index >= 15 is 0 Å². The Hall–Kier alpha value is -1.19. The summed E-state index contributed by atoms with van der Waals surface area (Å²) in [6.07, 6.45) is 2.69. The van der Waals surface area contributed by atoms with Crippen LogP contribution in [0.1, 0.15) is 33.1 Å². The van der Waals surface area contributed by atoms with E-state index in [1.54, 1.807) is 6.92 Å². The highest BCUT2D eigenvalue weighted by molar-refractivity contribution is 7.91. The van der Waals surface area contributed by atoms with E-state index in [0.29, 0.717) is 13.1 Å². The molecule has 2 N–H and O–H groups in total. The zero-order valence-electron chi connectivity index (χ0n) is 11.5. The van der Waals surface area contributed by atoms with Gasteiger partial charge in [-0.1, -0.05) is 31.1 Å². The van der Waals surface area contributed by atoms with Gasteiger partial charge in [-0.2, -0.15) is 0 Å². The molecule has 1 rings (SSSR count). The normalized spacial score (nSPS) is 11.5. The molecule has 0 radical (unpaired) electrons. The van der Waals surface area contributed by atoms with Gasteiger partial charge in [-0.25, -0.2) is 13.1 Å². The highest BCUT2D eigenvalue weighted by Gasteiger charge is 2.25. The molecule has 0 unspecified atom stereocenters. The minimum Gasteiger partial charge on any atom is -0.372 e. The lowest BCUT2D eigenvalue weighted by Gasteiger charge is -2.03. The molecule has 0 aliphatic heterocycles. The first-order valence-electron chi connectivity index (χ1n) is 6.44. The van der Waals surface area contributed by atoms with Crippen molar-refractivity contribution in [2.24, 2.45) is 0 Å². The van der Waals surface area contributed by atoms with Crippen LogP contribution in [0.4, 0.5) is 10.7 Å². The van der Waals surface area contributed by atoms with Gasteiger partial charge in [0.2, 0.25) is 10.0 Å². The van der Waals surface area contributed by atoms with Gasteiger partial charge in [0.1, 0.15) is 4.21 Å². The van der Waals surface area contributed by atoms with Gasteiger partial charge in [0.25, 0.3) is 0 Å². The molecular weight excluding hydrogens is 302 g/mol. The molecule has 114 valence electrons. The highest BCUT2D eigenvalue weighted by Crippen LogP contribution is 2.36. The largest absolute Gasteiger partial charge is 0.372 e. The maximum Gasteiger partial charge on any atom is 0.304 e. The lowest BCUT2D eigenvalue weighted by Crippen LogP contribution is -2.23. The predicted octanol–water partition coefficient (Wildman–Crippen LogP) is 2.56. The molecule has 7 nitrogen and oxygen atoms in total. The van der Waals surface area contributed by atoms with E-state index in [1.165, 1.54) is 0 Å². The second kappa shape index (κ2) is 7.55. The third-order valence-electron chi connectivity index (χ3n) is 2.56. The lowest BCUT2D eigenvalue weighted by atomic mass is 10.3. The van der Waals surface area contributed by atoms with E-state index in [-0.39, 0.29) is 14.9 Å². The topological polar surface area (TPSA) is 101 Å². The highest BCUT2D eigenvalue weighted by atomic mass is 32.2. The fourth-order valence-corrected chi connectivity index (χ4v) is 4.08. The summed E-state index contributed by atoms with van der Waals surface area (Å²) in [6.45, 7) is 4.66. The number of nitrogens with zero attached hydrogens (tertiary/aromatic N) is 1. The Morgan fingerprint density at radius 3 is 2.60 bits per heavy atom. The Bertz CT molecular complexity index is 554. The molecule has 0 aromatic carbocycles. The van der Waals surface area contributed by atoms with Crippen molar-refractivity contribution in [3.05, 3.63) is 16.2 Å². The molecule has 9 heteroatoms. The summed E-state index contributed by atoms with van der Waals surface area (Å²) >= 11 is 0.880. The number of thiophene rings is 1. The van der Waals surface area contributed by atoms with Crippen molar-refractivity contribution in [1.29, 1.82) is 0 Å². The number of sulfonamides is 1. The first kappa shape index (κ1) is 16.9. The Balaban J connectivity index is 2.89. The molecule has 0 saturated heterocycles. The molecule has 0 aliphatic carbocycles. The Morgan fingerprint density at radius 1 is 1.35 bits per heavy atom. The van der Waals surface area contributed by atoms with Crippen molar-refractivity contribution in [3.63, 3.8) is 0 Å². The van der Waals surface area contributed by atoms with Crippen LogP contribution in [-0.2, 0) is 10.0 Å². The van der Waals surface area contributed by atoms with Crippen molar-refractivity contribution in [2.45, 2.75) is 37.3 Å². The molecule has 1 heterocycles. The van der Waals surface area contributed by atoms with Crippen LogP contribution in [0.3, 0.4) is 0 Å². The second-order valence-electron chi connectivity index (χ2n) is 4.17. The van der Waals surface area contributed by atoms with E-state index in [2.05, 4.69) is 10.0 Å². The van der Waals surface area contributed by atoms with Gasteiger partial charge in [0, 0.05) is 19.2 Å². The Kier molecular flexibility index (Phi) is 6.37. The minimum absolute atomic E-state index is 0.0309. The van der Waals surface area contributed by atoms with Crippen molar-refractivity contribution in [2.75, 3.05) is 18.4 Å². The zero-order valence-corrected chi connectivity index (χ0v) is 13.1. The number of nitro groups is 1. The summed E-state index contributed by atoms with van der Waals surface area (Å²) in [4.78, 5) is 10.3. The fourth-order valence-electron chi connectivity index (χ4n) is 1.57. The number of nitrogens with one attached hydrogen (secondary N) is 2. The van der Waals surface area contributed by atoms with Gasteiger partial charge in [0.05, 0.1) is 4.92 Å². The maximum absolute atomic E-state index is 12.0. The SMILES string of the molecule is CCCCCNS(=O)(=O)c1cc([N+](=O)[O-])c(NCC)s1.